The van der Waals surface area contributed by atoms with Crippen LogP contribution in [0.15, 0.2) is 24.3 Å². The molecule has 3 heteroatoms. The fourth-order valence-electron chi connectivity index (χ4n) is 1.82. The van der Waals surface area contributed by atoms with Crippen LogP contribution in [0.5, 0.6) is 5.75 Å². The Labute approximate surface area is 99.7 Å². The number of aryl methyl sites for hydroxylation is 2. The van der Waals surface area contributed by atoms with E-state index in [1.807, 2.05) is 24.3 Å². The zero-order chi connectivity index (χ0) is 11.7. The number of anilines is 1. The first kappa shape index (κ1) is 11.0. The van der Waals surface area contributed by atoms with Crippen LogP contribution in [0.1, 0.15) is 9.75 Å². The SMILES string of the molecule is COc1ccc(-c2c(C)sc(C)c2N)cc1. The van der Waals surface area contributed by atoms with E-state index in [9.17, 15) is 0 Å². The lowest BCUT2D eigenvalue weighted by Crippen LogP contribution is -1.89. The molecule has 0 bridgehead atoms. The van der Waals surface area contributed by atoms with Crippen molar-refractivity contribution in [3.8, 4) is 16.9 Å². The summed E-state index contributed by atoms with van der Waals surface area (Å²) in [4.78, 5) is 2.45. The zero-order valence-corrected chi connectivity index (χ0v) is 10.5. The van der Waals surface area contributed by atoms with Gasteiger partial charge in [0.25, 0.3) is 0 Å². The predicted octanol–water partition coefficient (Wildman–Crippen LogP) is 3.62. The van der Waals surface area contributed by atoms with Crippen LogP contribution in [-0.2, 0) is 0 Å². The quantitative estimate of drug-likeness (QED) is 0.859. The standard InChI is InChI=1S/C13H15NOS/c1-8-12(13(14)9(2)16-8)10-4-6-11(15-3)7-5-10/h4-7H,14H2,1-3H3. The molecule has 1 heterocycles. The topological polar surface area (TPSA) is 35.2 Å². The van der Waals surface area contributed by atoms with E-state index in [1.54, 1.807) is 18.4 Å². The summed E-state index contributed by atoms with van der Waals surface area (Å²) >= 11 is 1.74. The number of rotatable bonds is 2. The van der Waals surface area contributed by atoms with Crippen LogP contribution >= 0.6 is 11.3 Å². The number of nitrogens with two attached hydrogens (primary N) is 1. The Hall–Kier alpha value is -1.48. The van der Waals surface area contributed by atoms with Gasteiger partial charge < -0.3 is 10.5 Å². The zero-order valence-electron chi connectivity index (χ0n) is 9.70. The maximum Gasteiger partial charge on any atom is 0.118 e. The lowest BCUT2D eigenvalue weighted by molar-refractivity contribution is 0.415. The lowest BCUT2D eigenvalue weighted by atomic mass is 10.0. The first-order valence-corrected chi connectivity index (χ1v) is 5.95. The molecule has 2 aromatic rings. The summed E-state index contributed by atoms with van der Waals surface area (Å²) < 4.78 is 5.14. The highest BCUT2D eigenvalue weighted by Crippen LogP contribution is 2.38. The van der Waals surface area contributed by atoms with Gasteiger partial charge in [0.15, 0.2) is 0 Å². The normalized spacial score (nSPS) is 10.4. The third-order valence-electron chi connectivity index (χ3n) is 2.69. The van der Waals surface area contributed by atoms with Crippen LogP contribution in [0, 0.1) is 13.8 Å². The molecule has 0 unspecified atom stereocenters. The first-order valence-electron chi connectivity index (χ1n) is 5.13. The maximum atomic E-state index is 6.09. The van der Waals surface area contributed by atoms with E-state index in [0.29, 0.717) is 0 Å². The smallest absolute Gasteiger partial charge is 0.118 e. The Kier molecular flexibility index (Phi) is 2.88. The summed E-state index contributed by atoms with van der Waals surface area (Å²) in [5.74, 6) is 0.868. The summed E-state index contributed by atoms with van der Waals surface area (Å²) in [7, 11) is 1.67. The second kappa shape index (κ2) is 4.18. The fourth-order valence-corrected chi connectivity index (χ4v) is 2.82. The highest BCUT2D eigenvalue weighted by atomic mass is 32.1. The molecule has 2 rings (SSSR count). The minimum Gasteiger partial charge on any atom is -0.497 e. The van der Waals surface area contributed by atoms with Crippen molar-refractivity contribution in [1.82, 2.24) is 0 Å². The third-order valence-corrected chi connectivity index (χ3v) is 3.72. The van der Waals surface area contributed by atoms with Crippen molar-refractivity contribution in [2.75, 3.05) is 12.8 Å². The number of benzene rings is 1. The second-order valence-corrected chi connectivity index (χ2v) is 5.16. The van der Waals surface area contributed by atoms with E-state index in [0.717, 1.165) is 22.6 Å². The van der Waals surface area contributed by atoms with Gasteiger partial charge in [-0.3, -0.25) is 0 Å². The van der Waals surface area contributed by atoms with Crippen molar-refractivity contribution >= 4 is 17.0 Å². The highest BCUT2D eigenvalue weighted by Gasteiger charge is 2.11. The highest BCUT2D eigenvalue weighted by molar-refractivity contribution is 7.13. The van der Waals surface area contributed by atoms with Crippen LogP contribution in [0.25, 0.3) is 11.1 Å². The molecule has 1 aromatic carbocycles. The Morgan fingerprint density at radius 1 is 1.06 bits per heavy atom. The van der Waals surface area contributed by atoms with Gasteiger partial charge in [-0.2, -0.15) is 0 Å². The summed E-state index contributed by atoms with van der Waals surface area (Å²) in [5.41, 5.74) is 9.29. The van der Waals surface area contributed by atoms with Gasteiger partial charge in [0, 0.05) is 15.3 Å². The average molecular weight is 233 g/mol. The number of methoxy groups -OCH3 is 1. The van der Waals surface area contributed by atoms with Crippen molar-refractivity contribution in [2.45, 2.75) is 13.8 Å². The molecule has 0 amide bonds. The molecule has 0 saturated heterocycles. The Morgan fingerprint density at radius 3 is 2.12 bits per heavy atom. The monoisotopic (exact) mass is 233 g/mol. The van der Waals surface area contributed by atoms with Crippen molar-refractivity contribution < 1.29 is 4.74 Å². The number of thiophene rings is 1. The molecular formula is C13H15NOS. The number of nitrogen functional groups attached to an aromatic ring is 1. The Balaban J connectivity index is 2.50. The van der Waals surface area contributed by atoms with E-state index >= 15 is 0 Å². The van der Waals surface area contributed by atoms with Gasteiger partial charge >= 0.3 is 0 Å². The van der Waals surface area contributed by atoms with E-state index in [2.05, 4.69) is 13.8 Å². The maximum absolute atomic E-state index is 6.09. The van der Waals surface area contributed by atoms with E-state index < -0.39 is 0 Å². The molecule has 0 aliphatic carbocycles. The van der Waals surface area contributed by atoms with Gasteiger partial charge in [-0.25, -0.2) is 0 Å². The average Bonchev–Trinajstić information content (AvgIpc) is 2.54. The number of ether oxygens (including phenoxy) is 1. The summed E-state index contributed by atoms with van der Waals surface area (Å²) in [6.07, 6.45) is 0. The molecule has 84 valence electrons. The number of hydrogen-bond donors (Lipinski definition) is 1. The van der Waals surface area contributed by atoms with Crippen molar-refractivity contribution in [1.29, 1.82) is 0 Å². The van der Waals surface area contributed by atoms with Gasteiger partial charge in [-0.15, -0.1) is 11.3 Å². The molecule has 1 aromatic heterocycles. The molecule has 0 atom stereocenters. The number of hydrogen-bond acceptors (Lipinski definition) is 3. The molecule has 0 fully saturated rings. The van der Waals surface area contributed by atoms with Crippen molar-refractivity contribution in [3.05, 3.63) is 34.0 Å². The molecule has 2 N–H and O–H groups in total. The van der Waals surface area contributed by atoms with E-state index in [1.165, 1.54) is 9.75 Å². The first-order chi connectivity index (χ1) is 7.63. The molecule has 0 aliphatic rings. The summed E-state index contributed by atoms with van der Waals surface area (Å²) in [6.45, 7) is 4.16. The summed E-state index contributed by atoms with van der Waals surface area (Å²) in [6, 6.07) is 8.01. The van der Waals surface area contributed by atoms with Gasteiger partial charge in [0.05, 0.1) is 12.8 Å². The molecule has 0 radical (unpaired) electrons. The summed E-state index contributed by atoms with van der Waals surface area (Å²) in [5, 5.41) is 0. The van der Waals surface area contributed by atoms with Gasteiger partial charge in [-0.1, -0.05) is 12.1 Å². The minimum atomic E-state index is 0.868. The van der Waals surface area contributed by atoms with Crippen molar-refractivity contribution in [2.24, 2.45) is 0 Å². The predicted molar refractivity (Wildman–Crippen MR) is 70.2 cm³/mol. The van der Waals surface area contributed by atoms with Gasteiger partial charge in [-0.05, 0) is 31.5 Å². The largest absolute Gasteiger partial charge is 0.497 e. The van der Waals surface area contributed by atoms with Crippen LogP contribution < -0.4 is 10.5 Å². The van der Waals surface area contributed by atoms with Gasteiger partial charge in [0.1, 0.15) is 5.75 Å². The Bertz CT molecular complexity index is 499. The second-order valence-electron chi connectivity index (χ2n) is 3.73. The molecular weight excluding hydrogens is 218 g/mol. The van der Waals surface area contributed by atoms with Crippen LogP contribution in [-0.4, -0.2) is 7.11 Å². The lowest BCUT2D eigenvalue weighted by Gasteiger charge is -2.04. The minimum absolute atomic E-state index is 0.868. The van der Waals surface area contributed by atoms with E-state index in [4.69, 9.17) is 10.5 Å². The van der Waals surface area contributed by atoms with Gasteiger partial charge in [0.2, 0.25) is 0 Å². The van der Waals surface area contributed by atoms with Crippen LogP contribution in [0.3, 0.4) is 0 Å². The molecule has 0 saturated carbocycles. The van der Waals surface area contributed by atoms with Crippen LogP contribution in [0.2, 0.25) is 0 Å². The molecule has 0 aliphatic heterocycles. The van der Waals surface area contributed by atoms with E-state index in [-0.39, 0.29) is 0 Å². The third kappa shape index (κ3) is 1.78. The van der Waals surface area contributed by atoms with Crippen molar-refractivity contribution in [3.63, 3.8) is 0 Å². The molecule has 16 heavy (non-hydrogen) atoms. The molecule has 0 spiro atoms. The Morgan fingerprint density at radius 2 is 1.69 bits per heavy atom. The molecule has 2 nitrogen and oxygen atoms in total. The van der Waals surface area contributed by atoms with Crippen LogP contribution in [0.4, 0.5) is 5.69 Å². The fraction of sp³-hybridized carbons (Fsp3) is 0.231.